The maximum atomic E-state index is 12.8. The molecule has 0 saturated carbocycles. The SMILES string of the molecule is COc1ccc(-c2cc(C(=O)Nc3cccc(Br)c3)nn2C2CCS(=O)(=O)C2)cc1. The molecule has 0 aliphatic carbocycles. The smallest absolute Gasteiger partial charge is 0.276 e. The molecule has 1 saturated heterocycles. The number of carbonyl (C=O) groups excluding carboxylic acids is 1. The summed E-state index contributed by atoms with van der Waals surface area (Å²) < 4.78 is 31.8. The fraction of sp³-hybridized carbons (Fsp3) is 0.238. The quantitative estimate of drug-likeness (QED) is 0.586. The van der Waals surface area contributed by atoms with Crippen LogP contribution < -0.4 is 10.1 Å². The van der Waals surface area contributed by atoms with Gasteiger partial charge in [-0.15, -0.1) is 0 Å². The summed E-state index contributed by atoms with van der Waals surface area (Å²) in [5, 5.41) is 7.33. The zero-order valence-electron chi connectivity index (χ0n) is 16.2. The Morgan fingerprint density at radius 3 is 2.60 bits per heavy atom. The number of anilines is 1. The van der Waals surface area contributed by atoms with E-state index in [-0.39, 0.29) is 29.1 Å². The van der Waals surface area contributed by atoms with Gasteiger partial charge in [-0.3, -0.25) is 9.48 Å². The number of ether oxygens (including phenoxy) is 1. The first-order valence-corrected chi connectivity index (χ1v) is 12.0. The van der Waals surface area contributed by atoms with Crippen molar-refractivity contribution in [2.45, 2.75) is 12.5 Å². The Labute approximate surface area is 183 Å². The minimum absolute atomic E-state index is 0.0184. The van der Waals surface area contributed by atoms with Gasteiger partial charge < -0.3 is 10.1 Å². The topological polar surface area (TPSA) is 90.3 Å². The molecule has 0 spiro atoms. The number of nitrogens with zero attached hydrogens (tertiary/aromatic N) is 2. The van der Waals surface area contributed by atoms with Crippen LogP contribution >= 0.6 is 15.9 Å². The van der Waals surface area contributed by atoms with Gasteiger partial charge in [0.05, 0.1) is 30.4 Å². The molecule has 2 aromatic carbocycles. The Kier molecular flexibility index (Phi) is 5.66. The van der Waals surface area contributed by atoms with E-state index >= 15 is 0 Å². The third-order valence-corrected chi connectivity index (χ3v) is 7.23. The average molecular weight is 490 g/mol. The molecule has 1 atom stereocenters. The first-order chi connectivity index (χ1) is 14.3. The van der Waals surface area contributed by atoms with Gasteiger partial charge in [0.15, 0.2) is 15.5 Å². The monoisotopic (exact) mass is 489 g/mol. The lowest BCUT2D eigenvalue weighted by molar-refractivity contribution is 0.102. The van der Waals surface area contributed by atoms with Gasteiger partial charge in [0, 0.05) is 15.7 Å². The maximum Gasteiger partial charge on any atom is 0.276 e. The minimum Gasteiger partial charge on any atom is -0.497 e. The molecule has 3 aromatic rings. The molecule has 4 rings (SSSR count). The van der Waals surface area contributed by atoms with Crippen LogP contribution in [0.3, 0.4) is 0 Å². The summed E-state index contributed by atoms with van der Waals surface area (Å²) in [6, 6.07) is 16.0. The lowest BCUT2D eigenvalue weighted by Gasteiger charge is -2.13. The van der Waals surface area contributed by atoms with E-state index < -0.39 is 9.84 Å². The highest BCUT2D eigenvalue weighted by Gasteiger charge is 2.32. The molecule has 1 aliphatic rings. The number of rotatable bonds is 5. The molecule has 30 heavy (non-hydrogen) atoms. The summed E-state index contributed by atoms with van der Waals surface area (Å²) in [5.74, 6) is 0.493. The summed E-state index contributed by atoms with van der Waals surface area (Å²) in [6.45, 7) is 0. The Bertz CT molecular complexity index is 1190. The van der Waals surface area contributed by atoms with Gasteiger partial charge in [-0.1, -0.05) is 22.0 Å². The maximum absolute atomic E-state index is 12.8. The molecule has 1 amide bonds. The van der Waals surface area contributed by atoms with E-state index in [2.05, 4.69) is 26.3 Å². The average Bonchev–Trinajstić information content (AvgIpc) is 3.31. The summed E-state index contributed by atoms with van der Waals surface area (Å²) in [4.78, 5) is 12.8. The molecule has 1 aliphatic heterocycles. The van der Waals surface area contributed by atoms with Crippen molar-refractivity contribution in [3.8, 4) is 17.0 Å². The highest BCUT2D eigenvalue weighted by Crippen LogP contribution is 2.31. The molecule has 1 fully saturated rings. The number of halogens is 1. The fourth-order valence-corrected chi connectivity index (χ4v) is 5.58. The van der Waals surface area contributed by atoms with Crippen molar-refractivity contribution in [3.63, 3.8) is 0 Å². The largest absolute Gasteiger partial charge is 0.497 e. The Balaban J connectivity index is 1.70. The number of benzene rings is 2. The number of aromatic nitrogens is 2. The Morgan fingerprint density at radius 2 is 1.97 bits per heavy atom. The van der Waals surface area contributed by atoms with E-state index in [1.165, 1.54) is 0 Å². The normalized spacial score (nSPS) is 17.6. The summed E-state index contributed by atoms with van der Waals surface area (Å²) in [5.41, 5.74) is 2.39. The lowest BCUT2D eigenvalue weighted by Crippen LogP contribution is -2.16. The fourth-order valence-electron chi connectivity index (χ4n) is 3.49. The number of hydrogen-bond donors (Lipinski definition) is 1. The van der Waals surface area contributed by atoms with E-state index in [9.17, 15) is 13.2 Å². The van der Waals surface area contributed by atoms with Crippen molar-refractivity contribution in [1.29, 1.82) is 0 Å². The van der Waals surface area contributed by atoms with Gasteiger partial charge in [-0.2, -0.15) is 5.10 Å². The molecule has 1 aromatic heterocycles. The molecule has 1 N–H and O–H groups in total. The molecule has 156 valence electrons. The molecule has 9 heteroatoms. The third-order valence-electron chi connectivity index (χ3n) is 4.99. The van der Waals surface area contributed by atoms with E-state index in [1.807, 2.05) is 36.4 Å². The van der Waals surface area contributed by atoms with Gasteiger partial charge in [-0.05, 0) is 55.0 Å². The molecular formula is C21H20BrN3O4S. The first-order valence-electron chi connectivity index (χ1n) is 9.36. The highest BCUT2D eigenvalue weighted by atomic mass is 79.9. The van der Waals surface area contributed by atoms with Crippen LogP contribution in [-0.2, 0) is 9.84 Å². The second-order valence-electron chi connectivity index (χ2n) is 7.11. The van der Waals surface area contributed by atoms with Crippen LogP contribution in [0.25, 0.3) is 11.3 Å². The van der Waals surface area contributed by atoms with Gasteiger partial charge in [0.25, 0.3) is 5.91 Å². The van der Waals surface area contributed by atoms with Crippen molar-refractivity contribution >= 4 is 37.4 Å². The molecule has 7 nitrogen and oxygen atoms in total. The van der Waals surface area contributed by atoms with E-state index in [1.54, 1.807) is 30.0 Å². The number of amides is 1. The van der Waals surface area contributed by atoms with Crippen LogP contribution in [-0.4, -0.2) is 42.7 Å². The standard InChI is InChI=1S/C21H20BrN3O4S/c1-29-18-7-5-14(6-8-18)20-12-19(21(26)23-16-4-2-3-15(22)11-16)24-25(20)17-9-10-30(27,28)13-17/h2-8,11-12,17H,9-10,13H2,1H3,(H,23,26). The van der Waals surface area contributed by atoms with Crippen LogP contribution in [0, 0.1) is 0 Å². The Morgan fingerprint density at radius 1 is 1.20 bits per heavy atom. The summed E-state index contributed by atoms with van der Waals surface area (Å²) in [6.07, 6.45) is 0.472. The molecular weight excluding hydrogens is 470 g/mol. The van der Waals surface area contributed by atoms with Gasteiger partial charge >= 0.3 is 0 Å². The van der Waals surface area contributed by atoms with Gasteiger partial charge in [0.2, 0.25) is 0 Å². The summed E-state index contributed by atoms with van der Waals surface area (Å²) >= 11 is 3.38. The van der Waals surface area contributed by atoms with Crippen LogP contribution in [0.5, 0.6) is 5.75 Å². The second-order valence-corrected chi connectivity index (χ2v) is 10.3. The zero-order chi connectivity index (χ0) is 21.3. The highest BCUT2D eigenvalue weighted by molar-refractivity contribution is 9.10. The van der Waals surface area contributed by atoms with E-state index in [0.717, 1.165) is 10.0 Å². The van der Waals surface area contributed by atoms with Crippen molar-refractivity contribution < 1.29 is 17.9 Å². The minimum atomic E-state index is -3.10. The van der Waals surface area contributed by atoms with Crippen LogP contribution in [0.2, 0.25) is 0 Å². The van der Waals surface area contributed by atoms with E-state index in [0.29, 0.717) is 23.6 Å². The predicted molar refractivity (Wildman–Crippen MR) is 119 cm³/mol. The number of hydrogen-bond acceptors (Lipinski definition) is 5. The van der Waals surface area contributed by atoms with Gasteiger partial charge in [-0.25, -0.2) is 8.42 Å². The predicted octanol–water partition coefficient (Wildman–Crippen LogP) is 3.93. The molecule has 0 radical (unpaired) electrons. The number of methoxy groups -OCH3 is 1. The van der Waals surface area contributed by atoms with Crippen molar-refractivity contribution in [3.05, 3.63) is 64.8 Å². The number of nitrogens with one attached hydrogen (secondary N) is 1. The Hall–Kier alpha value is -2.65. The lowest BCUT2D eigenvalue weighted by atomic mass is 10.1. The number of carbonyl (C=O) groups is 1. The van der Waals surface area contributed by atoms with Crippen molar-refractivity contribution in [2.24, 2.45) is 0 Å². The molecule has 0 bridgehead atoms. The van der Waals surface area contributed by atoms with Crippen molar-refractivity contribution in [1.82, 2.24) is 9.78 Å². The summed E-state index contributed by atoms with van der Waals surface area (Å²) in [7, 11) is -1.51. The molecule has 1 unspecified atom stereocenters. The van der Waals surface area contributed by atoms with Crippen molar-refractivity contribution in [2.75, 3.05) is 23.9 Å². The van der Waals surface area contributed by atoms with Crippen LogP contribution in [0.4, 0.5) is 5.69 Å². The first kappa shape index (κ1) is 20.6. The van der Waals surface area contributed by atoms with Crippen LogP contribution in [0.15, 0.2) is 59.1 Å². The second kappa shape index (κ2) is 8.23. The molecule has 2 heterocycles. The van der Waals surface area contributed by atoms with Gasteiger partial charge in [0.1, 0.15) is 5.75 Å². The van der Waals surface area contributed by atoms with E-state index in [4.69, 9.17) is 4.74 Å². The number of sulfone groups is 1. The zero-order valence-corrected chi connectivity index (χ0v) is 18.6. The third kappa shape index (κ3) is 4.41. The van der Waals surface area contributed by atoms with Crippen LogP contribution in [0.1, 0.15) is 23.0 Å².